The number of anilines is 1. The summed E-state index contributed by atoms with van der Waals surface area (Å²) in [5.74, 6) is 1.22. The third-order valence-electron chi connectivity index (χ3n) is 6.57. The van der Waals surface area contributed by atoms with E-state index in [2.05, 4.69) is 77.6 Å². The van der Waals surface area contributed by atoms with E-state index in [1.807, 2.05) is 4.90 Å². The first kappa shape index (κ1) is 26.7. The molecular weight excluding hydrogens is 394 g/mol. The van der Waals surface area contributed by atoms with E-state index in [0.717, 1.165) is 51.7 Å². The number of likely N-dealkylation sites (tertiary alicyclic amines) is 1. The largest absolute Gasteiger partial charge is 0.367 e. The van der Waals surface area contributed by atoms with Crippen molar-refractivity contribution in [3.8, 4) is 0 Å². The molecule has 0 aliphatic carbocycles. The molecule has 0 saturated carbocycles. The lowest BCUT2D eigenvalue weighted by atomic mass is 9.88. The number of carbonyl (C=O) groups is 1. The zero-order valence-corrected chi connectivity index (χ0v) is 21.9. The normalized spacial score (nSPS) is 18.3. The summed E-state index contributed by atoms with van der Waals surface area (Å²) in [5, 5.41) is 0. The van der Waals surface area contributed by atoms with E-state index in [4.69, 9.17) is 5.73 Å². The van der Waals surface area contributed by atoms with Crippen LogP contribution >= 0.6 is 0 Å². The SMILES string of the molecule is CC(C)CCN(c1ccc(CCC(C)(C)C)cc1)C1CCCN(C(=O)[C@@H](N)CC(C)C)C1. The summed E-state index contributed by atoms with van der Waals surface area (Å²) in [5.41, 5.74) is 9.31. The molecule has 2 N–H and O–H groups in total. The van der Waals surface area contributed by atoms with Gasteiger partial charge in [-0.05, 0) is 73.5 Å². The molecule has 0 bridgehead atoms. The quantitative estimate of drug-likeness (QED) is 0.491. The summed E-state index contributed by atoms with van der Waals surface area (Å²) in [6.07, 6.45) is 6.41. The first-order valence-electron chi connectivity index (χ1n) is 12.9. The van der Waals surface area contributed by atoms with E-state index in [9.17, 15) is 4.79 Å². The number of aryl methyl sites for hydroxylation is 1. The fourth-order valence-corrected chi connectivity index (χ4v) is 4.55. The van der Waals surface area contributed by atoms with Crippen LogP contribution in [0.2, 0.25) is 0 Å². The van der Waals surface area contributed by atoms with Crippen molar-refractivity contribution >= 4 is 11.6 Å². The average Bonchev–Trinajstić information content (AvgIpc) is 2.71. The Labute approximate surface area is 197 Å². The van der Waals surface area contributed by atoms with Crippen molar-refractivity contribution in [1.29, 1.82) is 0 Å². The van der Waals surface area contributed by atoms with E-state index in [0.29, 0.717) is 23.3 Å². The Bertz CT molecular complexity index is 690. The van der Waals surface area contributed by atoms with Gasteiger partial charge in [-0.25, -0.2) is 0 Å². The van der Waals surface area contributed by atoms with Crippen molar-refractivity contribution in [2.24, 2.45) is 23.0 Å². The number of amides is 1. The number of hydrogen-bond donors (Lipinski definition) is 1. The summed E-state index contributed by atoms with van der Waals surface area (Å²) in [6.45, 7) is 18.4. The highest BCUT2D eigenvalue weighted by Crippen LogP contribution is 2.27. The number of nitrogens with two attached hydrogens (primary N) is 1. The monoisotopic (exact) mass is 443 g/mol. The molecule has 1 saturated heterocycles. The highest BCUT2D eigenvalue weighted by Gasteiger charge is 2.30. The molecule has 0 spiro atoms. The van der Waals surface area contributed by atoms with E-state index in [1.165, 1.54) is 17.7 Å². The van der Waals surface area contributed by atoms with Crippen LogP contribution in [-0.4, -0.2) is 42.5 Å². The minimum atomic E-state index is -0.375. The summed E-state index contributed by atoms with van der Waals surface area (Å²) < 4.78 is 0. The van der Waals surface area contributed by atoms with Crippen LogP contribution in [0.1, 0.15) is 86.1 Å². The van der Waals surface area contributed by atoms with Crippen molar-refractivity contribution in [3.63, 3.8) is 0 Å². The Balaban J connectivity index is 2.12. The Morgan fingerprint density at radius 1 is 1.12 bits per heavy atom. The fraction of sp³-hybridized carbons (Fsp3) is 0.750. The maximum absolute atomic E-state index is 13.0. The molecular formula is C28H49N3O. The summed E-state index contributed by atoms with van der Waals surface area (Å²) in [6, 6.07) is 9.17. The van der Waals surface area contributed by atoms with Gasteiger partial charge in [0, 0.05) is 31.4 Å². The van der Waals surface area contributed by atoms with Gasteiger partial charge in [-0.1, -0.05) is 60.6 Å². The molecule has 4 nitrogen and oxygen atoms in total. The van der Waals surface area contributed by atoms with Crippen molar-refractivity contribution in [1.82, 2.24) is 4.90 Å². The summed E-state index contributed by atoms with van der Waals surface area (Å²) in [7, 11) is 0. The highest BCUT2D eigenvalue weighted by atomic mass is 16.2. The molecule has 0 aromatic heterocycles. The second kappa shape index (κ2) is 12.1. The number of benzene rings is 1. The van der Waals surface area contributed by atoms with E-state index >= 15 is 0 Å². The first-order valence-corrected chi connectivity index (χ1v) is 12.9. The van der Waals surface area contributed by atoms with E-state index in [-0.39, 0.29) is 11.9 Å². The van der Waals surface area contributed by atoms with Crippen LogP contribution in [0.4, 0.5) is 5.69 Å². The average molecular weight is 444 g/mol. The Morgan fingerprint density at radius 2 is 1.78 bits per heavy atom. The van der Waals surface area contributed by atoms with Gasteiger partial charge in [0.15, 0.2) is 0 Å². The van der Waals surface area contributed by atoms with Gasteiger partial charge < -0.3 is 15.5 Å². The molecule has 182 valence electrons. The van der Waals surface area contributed by atoms with Gasteiger partial charge >= 0.3 is 0 Å². The predicted molar refractivity (Wildman–Crippen MR) is 138 cm³/mol. The topological polar surface area (TPSA) is 49.6 Å². The maximum atomic E-state index is 13.0. The van der Waals surface area contributed by atoms with Gasteiger partial charge in [-0.3, -0.25) is 4.79 Å². The molecule has 1 aliphatic rings. The summed E-state index contributed by atoms with van der Waals surface area (Å²) in [4.78, 5) is 17.6. The molecule has 2 rings (SSSR count). The van der Waals surface area contributed by atoms with Crippen LogP contribution in [0, 0.1) is 17.3 Å². The number of carbonyl (C=O) groups excluding carboxylic acids is 1. The lowest BCUT2D eigenvalue weighted by Gasteiger charge is -2.41. The van der Waals surface area contributed by atoms with Crippen LogP contribution in [0.3, 0.4) is 0 Å². The number of nitrogens with zero attached hydrogens (tertiary/aromatic N) is 2. The fourth-order valence-electron chi connectivity index (χ4n) is 4.55. The van der Waals surface area contributed by atoms with Gasteiger partial charge in [0.25, 0.3) is 0 Å². The third-order valence-corrected chi connectivity index (χ3v) is 6.57. The minimum absolute atomic E-state index is 0.129. The Morgan fingerprint density at radius 3 is 2.34 bits per heavy atom. The number of piperidine rings is 1. The molecule has 4 heteroatoms. The Hall–Kier alpha value is -1.55. The second-order valence-electron chi connectivity index (χ2n) is 11.9. The molecule has 1 fully saturated rings. The van der Waals surface area contributed by atoms with Crippen molar-refractivity contribution < 1.29 is 4.79 Å². The standard InChI is InChI=1S/C28H49N3O/c1-21(2)15-18-31(24-12-10-23(11-13-24)14-16-28(5,6)7)25-9-8-17-30(20-25)27(32)26(29)19-22(3)4/h10-13,21-22,25-26H,8-9,14-20,29H2,1-7H3/t25?,26-/m0/s1. The molecule has 0 radical (unpaired) electrons. The van der Waals surface area contributed by atoms with Gasteiger partial charge in [0.1, 0.15) is 0 Å². The van der Waals surface area contributed by atoms with Crippen LogP contribution < -0.4 is 10.6 Å². The number of hydrogen-bond acceptors (Lipinski definition) is 3. The van der Waals surface area contributed by atoms with Gasteiger partial charge in [0.2, 0.25) is 5.91 Å². The second-order valence-corrected chi connectivity index (χ2v) is 11.9. The molecule has 32 heavy (non-hydrogen) atoms. The molecule has 1 aliphatic heterocycles. The molecule has 1 aromatic carbocycles. The third kappa shape index (κ3) is 8.77. The van der Waals surface area contributed by atoms with Crippen molar-refractivity contribution in [3.05, 3.63) is 29.8 Å². The summed E-state index contributed by atoms with van der Waals surface area (Å²) >= 11 is 0. The van der Waals surface area contributed by atoms with Gasteiger partial charge in [-0.15, -0.1) is 0 Å². The maximum Gasteiger partial charge on any atom is 0.239 e. The minimum Gasteiger partial charge on any atom is -0.367 e. The van der Waals surface area contributed by atoms with Crippen molar-refractivity contribution in [2.45, 2.75) is 99.1 Å². The zero-order chi connectivity index (χ0) is 23.9. The molecule has 1 heterocycles. The number of rotatable bonds is 10. The van der Waals surface area contributed by atoms with Crippen LogP contribution in [0.5, 0.6) is 0 Å². The van der Waals surface area contributed by atoms with Crippen LogP contribution in [-0.2, 0) is 11.2 Å². The van der Waals surface area contributed by atoms with Crippen LogP contribution in [0.25, 0.3) is 0 Å². The Kier molecular flexibility index (Phi) is 10.1. The van der Waals surface area contributed by atoms with E-state index < -0.39 is 0 Å². The highest BCUT2D eigenvalue weighted by molar-refractivity contribution is 5.81. The zero-order valence-electron chi connectivity index (χ0n) is 21.9. The van der Waals surface area contributed by atoms with Crippen LogP contribution in [0.15, 0.2) is 24.3 Å². The predicted octanol–water partition coefficient (Wildman–Crippen LogP) is 5.88. The first-order chi connectivity index (χ1) is 15.0. The van der Waals surface area contributed by atoms with Crippen molar-refractivity contribution in [2.75, 3.05) is 24.5 Å². The van der Waals surface area contributed by atoms with Gasteiger partial charge in [-0.2, -0.15) is 0 Å². The van der Waals surface area contributed by atoms with E-state index in [1.54, 1.807) is 0 Å². The lowest BCUT2D eigenvalue weighted by Crippen LogP contribution is -2.54. The molecule has 2 atom stereocenters. The molecule has 1 amide bonds. The molecule has 1 aromatic rings. The smallest absolute Gasteiger partial charge is 0.239 e. The lowest BCUT2D eigenvalue weighted by molar-refractivity contribution is -0.134. The van der Waals surface area contributed by atoms with Gasteiger partial charge in [0.05, 0.1) is 6.04 Å². The molecule has 1 unspecified atom stereocenters.